The highest BCUT2D eigenvalue weighted by molar-refractivity contribution is 7.71. The zero-order valence-electron chi connectivity index (χ0n) is 13.3. The van der Waals surface area contributed by atoms with Crippen LogP contribution in [0.5, 0.6) is 0 Å². The minimum absolute atomic E-state index is 0.123. The third kappa shape index (κ3) is 2.54. The van der Waals surface area contributed by atoms with Gasteiger partial charge in [-0.15, -0.1) is 0 Å². The molecule has 3 aromatic heterocycles. The monoisotopic (exact) mass is 351 g/mol. The number of hydrogen-bond acceptors (Lipinski definition) is 4. The second-order valence-corrected chi connectivity index (χ2v) is 5.78. The molecule has 3 rings (SSSR count). The lowest BCUT2D eigenvalue weighted by molar-refractivity contribution is 0.153. The van der Waals surface area contributed by atoms with Gasteiger partial charge in [-0.25, -0.2) is 13.8 Å². The minimum atomic E-state index is -2.81. The molecule has 126 valence electrons. The summed E-state index contributed by atoms with van der Waals surface area (Å²) in [5, 5.41) is 4.16. The predicted octanol–water partition coefficient (Wildman–Crippen LogP) is 3.12. The molecular weight excluding hydrogens is 336 g/mol. The number of alkyl halides is 2. The molecule has 0 spiro atoms. The molecule has 0 saturated carbocycles. The highest BCUT2D eigenvalue weighted by atomic mass is 32.1. The molecule has 0 atom stereocenters. The number of aromatic nitrogens is 5. The topological polar surface area (TPSA) is 68.5 Å². The van der Waals surface area contributed by atoms with Gasteiger partial charge in [0.15, 0.2) is 4.77 Å². The maximum absolute atomic E-state index is 13.5. The molecule has 1 N–H and O–H groups in total. The third-order valence-corrected chi connectivity index (χ3v) is 4.26. The van der Waals surface area contributed by atoms with Crippen molar-refractivity contribution in [3.05, 3.63) is 38.6 Å². The fourth-order valence-electron chi connectivity index (χ4n) is 2.61. The van der Waals surface area contributed by atoms with Crippen LogP contribution in [0.15, 0.2) is 17.1 Å². The van der Waals surface area contributed by atoms with Gasteiger partial charge in [-0.2, -0.15) is 5.10 Å². The lowest BCUT2D eigenvalue weighted by atomic mass is 10.1. The summed E-state index contributed by atoms with van der Waals surface area (Å²) in [5.41, 5.74) is 0.751. The Labute approximate surface area is 140 Å². The van der Waals surface area contributed by atoms with Crippen LogP contribution in [0.2, 0.25) is 0 Å². The van der Waals surface area contributed by atoms with Crippen LogP contribution in [0, 0.1) is 11.7 Å². The predicted molar refractivity (Wildman–Crippen MR) is 88.8 cm³/mol. The van der Waals surface area contributed by atoms with Crippen LogP contribution in [0.3, 0.4) is 0 Å². The number of nitrogens with zero attached hydrogens (tertiary/aromatic N) is 4. The van der Waals surface area contributed by atoms with Gasteiger partial charge < -0.3 is 4.57 Å². The van der Waals surface area contributed by atoms with Crippen molar-refractivity contribution in [2.45, 2.75) is 26.8 Å². The SMILES string of the molecule is CCn1cc(-c2cc(C(F)F)c3c(=O)[nH]c(=S)n(C)c3n2)c(C)n1. The second-order valence-electron chi connectivity index (χ2n) is 5.40. The Bertz CT molecular complexity index is 1050. The molecule has 24 heavy (non-hydrogen) atoms. The number of H-pyrrole nitrogens is 1. The fourth-order valence-corrected chi connectivity index (χ4v) is 2.79. The van der Waals surface area contributed by atoms with E-state index in [0.717, 1.165) is 0 Å². The van der Waals surface area contributed by atoms with Gasteiger partial charge in [-0.1, -0.05) is 0 Å². The summed E-state index contributed by atoms with van der Waals surface area (Å²) in [5.74, 6) is 0. The average Bonchev–Trinajstić information content (AvgIpc) is 2.92. The molecule has 0 bridgehead atoms. The Balaban J connectivity index is 2.43. The van der Waals surface area contributed by atoms with Crippen molar-refractivity contribution in [2.75, 3.05) is 0 Å². The molecule has 0 aromatic carbocycles. The largest absolute Gasteiger partial charge is 0.306 e. The zero-order chi connectivity index (χ0) is 17.6. The number of aromatic amines is 1. The fraction of sp³-hybridized carbons (Fsp3) is 0.333. The second kappa shape index (κ2) is 5.90. The molecular formula is C15H15F2N5OS. The van der Waals surface area contributed by atoms with Crippen molar-refractivity contribution < 1.29 is 8.78 Å². The van der Waals surface area contributed by atoms with Crippen molar-refractivity contribution in [3.8, 4) is 11.3 Å². The van der Waals surface area contributed by atoms with Crippen molar-refractivity contribution in [1.29, 1.82) is 0 Å². The van der Waals surface area contributed by atoms with Gasteiger partial charge in [-0.3, -0.25) is 14.5 Å². The van der Waals surface area contributed by atoms with Crippen LogP contribution in [-0.4, -0.2) is 24.3 Å². The molecule has 0 aliphatic heterocycles. The van der Waals surface area contributed by atoms with Gasteiger partial charge in [0.1, 0.15) is 5.65 Å². The summed E-state index contributed by atoms with van der Waals surface area (Å²) in [7, 11) is 1.58. The normalized spacial score (nSPS) is 11.6. The van der Waals surface area contributed by atoms with Crippen LogP contribution in [0.4, 0.5) is 8.78 Å². The van der Waals surface area contributed by atoms with Crippen molar-refractivity contribution in [3.63, 3.8) is 0 Å². The first-order valence-corrected chi connectivity index (χ1v) is 7.70. The Morgan fingerprint density at radius 1 is 1.42 bits per heavy atom. The van der Waals surface area contributed by atoms with E-state index in [1.54, 1.807) is 24.9 Å². The van der Waals surface area contributed by atoms with Gasteiger partial charge in [0.25, 0.3) is 12.0 Å². The first-order valence-electron chi connectivity index (χ1n) is 7.30. The lowest BCUT2D eigenvalue weighted by Crippen LogP contribution is -2.16. The number of aryl methyl sites for hydroxylation is 3. The van der Waals surface area contributed by atoms with Crippen LogP contribution in [-0.2, 0) is 13.6 Å². The molecule has 0 unspecified atom stereocenters. The van der Waals surface area contributed by atoms with Crippen molar-refractivity contribution >= 4 is 23.3 Å². The van der Waals surface area contributed by atoms with Crippen LogP contribution in [0.25, 0.3) is 22.3 Å². The van der Waals surface area contributed by atoms with E-state index in [9.17, 15) is 13.6 Å². The molecule has 0 amide bonds. The van der Waals surface area contributed by atoms with Crippen LogP contribution >= 0.6 is 12.2 Å². The van der Waals surface area contributed by atoms with Gasteiger partial charge in [-0.05, 0) is 32.1 Å². The van der Waals surface area contributed by atoms with Crippen molar-refractivity contribution in [1.82, 2.24) is 24.3 Å². The number of halogens is 2. The Kier molecular flexibility index (Phi) is 4.04. The Morgan fingerprint density at radius 3 is 2.71 bits per heavy atom. The molecule has 3 heterocycles. The summed E-state index contributed by atoms with van der Waals surface area (Å²) in [4.78, 5) is 18.9. The van der Waals surface area contributed by atoms with Gasteiger partial charge in [0.05, 0.1) is 16.8 Å². The van der Waals surface area contributed by atoms with E-state index in [1.807, 2.05) is 6.92 Å². The van der Waals surface area contributed by atoms with E-state index >= 15 is 0 Å². The van der Waals surface area contributed by atoms with E-state index in [1.165, 1.54) is 10.6 Å². The molecule has 0 saturated heterocycles. The Morgan fingerprint density at radius 2 is 2.12 bits per heavy atom. The third-order valence-electron chi connectivity index (χ3n) is 3.88. The quantitative estimate of drug-likeness (QED) is 0.736. The van der Waals surface area contributed by atoms with Crippen LogP contribution in [0.1, 0.15) is 24.6 Å². The summed E-state index contributed by atoms with van der Waals surface area (Å²) in [6, 6.07) is 1.25. The number of rotatable bonds is 3. The summed E-state index contributed by atoms with van der Waals surface area (Å²) in [6.07, 6.45) is -1.06. The number of hydrogen-bond donors (Lipinski definition) is 1. The molecule has 3 aromatic rings. The first-order chi connectivity index (χ1) is 11.3. The molecule has 6 nitrogen and oxygen atoms in total. The molecule has 9 heteroatoms. The summed E-state index contributed by atoms with van der Waals surface area (Å²) < 4.78 is 30.3. The van der Waals surface area contributed by atoms with Gasteiger partial charge in [0, 0.05) is 30.9 Å². The van der Waals surface area contributed by atoms with E-state index < -0.39 is 12.0 Å². The number of pyridine rings is 1. The number of fused-ring (bicyclic) bond motifs is 1. The average molecular weight is 351 g/mol. The standard InChI is InChI=1S/C15H15F2N5OS/c1-4-22-6-9(7(2)20-22)10-5-8(12(16)17)11-13(18-10)21(3)15(24)19-14(11)23/h5-6,12H,4H2,1-3H3,(H,19,23,24). The smallest absolute Gasteiger partial charge is 0.264 e. The molecule has 0 aliphatic rings. The van der Waals surface area contributed by atoms with E-state index in [4.69, 9.17) is 12.2 Å². The number of nitrogens with one attached hydrogen (secondary N) is 1. The van der Waals surface area contributed by atoms with Crippen molar-refractivity contribution in [2.24, 2.45) is 7.05 Å². The van der Waals surface area contributed by atoms with E-state index in [-0.39, 0.29) is 21.4 Å². The van der Waals surface area contributed by atoms with Crippen LogP contribution < -0.4 is 5.56 Å². The van der Waals surface area contributed by atoms with E-state index in [0.29, 0.717) is 23.5 Å². The maximum Gasteiger partial charge on any atom is 0.264 e. The first kappa shape index (κ1) is 16.4. The van der Waals surface area contributed by atoms with Gasteiger partial charge in [0.2, 0.25) is 0 Å². The van der Waals surface area contributed by atoms with Gasteiger partial charge >= 0.3 is 0 Å². The minimum Gasteiger partial charge on any atom is -0.306 e. The summed E-state index contributed by atoms with van der Waals surface area (Å²) in [6.45, 7) is 4.36. The molecule has 0 fully saturated rings. The highest BCUT2D eigenvalue weighted by Gasteiger charge is 2.20. The highest BCUT2D eigenvalue weighted by Crippen LogP contribution is 2.30. The van der Waals surface area contributed by atoms with E-state index in [2.05, 4.69) is 15.1 Å². The molecule has 0 aliphatic carbocycles. The Hall–Kier alpha value is -2.42. The zero-order valence-corrected chi connectivity index (χ0v) is 14.1. The lowest BCUT2D eigenvalue weighted by Gasteiger charge is -2.11. The maximum atomic E-state index is 13.5. The molecule has 0 radical (unpaired) electrons. The summed E-state index contributed by atoms with van der Waals surface area (Å²) >= 11 is 5.05.